The number of ether oxygens (including phenoxy) is 1. The van der Waals surface area contributed by atoms with Crippen LogP contribution in [0.5, 0.6) is 5.88 Å². The van der Waals surface area contributed by atoms with Crippen molar-refractivity contribution in [2.24, 2.45) is 0 Å². The molecule has 2 aromatic rings. The molecule has 0 aliphatic heterocycles. The van der Waals surface area contributed by atoms with E-state index in [1.54, 1.807) is 24.5 Å². The molecular weight excluding hydrogens is 224 g/mol. The Hall–Kier alpha value is -1.69. The molecule has 0 aliphatic rings. The summed E-state index contributed by atoms with van der Waals surface area (Å²) in [7, 11) is 1.58. The van der Waals surface area contributed by atoms with E-state index in [2.05, 4.69) is 20.3 Å². The summed E-state index contributed by atoms with van der Waals surface area (Å²) in [6.45, 7) is 2.70. The predicted octanol–water partition coefficient (Wildman–Crippen LogP) is 1.86. The third-order valence-electron chi connectivity index (χ3n) is 1.96. The summed E-state index contributed by atoms with van der Waals surface area (Å²) in [5.74, 6) is 1.30. The standard InChI is InChI=1S/C10H12N4OS/c1-7-11-4-8(16-7)5-12-9-3-10(15-2)14-6-13-9/h3-4,6H,5H2,1-2H3,(H,12,13,14). The van der Waals surface area contributed by atoms with Gasteiger partial charge in [0, 0.05) is 17.1 Å². The van der Waals surface area contributed by atoms with Crippen molar-refractivity contribution in [3.05, 3.63) is 28.5 Å². The van der Waals surface area contributed by atoms with Crippen LogP contribution < -0.4 is 10.1 Å². The van der Waals surface area contributed by atoms with Crippen LogP contribution in [0.3, 0.4) is 0 Å². The minimum absolute atomic E-state index is 0.554. The van der Waals surface area contributed by atoms with Crippen molar-refractivity contribution in [3.8, 4) is 5.88 Å². The molecule has 0 saturated heterocycles. The topological polar surface area (TPSA) is 59.9 Å². The minimum atomic E-state index is 0.554. The van der Waals surface area contributed by atoms with E-state index in [0.717, 1.165) is 10.8 Å². The maximum atomic E-state index is 5.01. The zero-order valence-electron chi connectivity index (χ0n) is 9.10. The van der Waals surface area contributed by atoms with Crippen molar-refractivity contribution in [1.29, 1.82) is 0 Å². The number of thiazole rings is 1. The van der Waals surface area contributed by atoms with Crippen molar-refractivity contribution >= 4 is 17.2 Å². The normalized spacial score (nSPS) is 10.1. The molecule has 1 N–H and O–H groups in total. The highest BCUT2D eigenvalue weighted by Gasteiger charge is 2.00. The summed E-state index contributed by atoms with van der Waals surface area (Å²) in [5.41, 5.74) is 0. The summed E-state index contributed by atoms with van der Waals surface area (Å²) in [6, 6.07) is 1.76. The number of methoxy groups -OCH3 is 1. The van der Waals surface area contributed by atoms with Gasteiger partial charge in [-0.25, -0.2) is 15.0 Å². The number of rotatable bonds is 4. The fourth-order valence-electron chi connectivity index (χ4n) is 1.21. The molecule has 2 aromatic heterocycles. The van der Waals surface area contributed by atoms with Crippen LogP contribution in [0, 0.1) is 6.92 Å². The van der Waals surface area contributed by atoms with E-state index in [-0.39, 0.29) is 0 Å². The highest BCUT2D eigenvalue weighted by atomic mass is 32.1. The lowest BCUT2D eigenvalue weighted by atomic mass is 10.5. The smallest absolute Gasteiger partial charge is 0.218 e. The lowest BCUT2D eigenvalue weighted by Crippen LogP contribution is -2.00. The first kappa shape index (κ1) is 10.8. The molecule has 84 valence electrons. The van der Waals surface area contributed by atoms with Crippen LogP contribution in [0.1, 0.15) is 9.88 Å². The molecule has 0 fully saturated rings. The maximum Gasteiger partial charge on any atom is 0.218 e. The van der Waals surface area contributed by atoms with E-state index in [9.17, 15) is 0 Å². The van der Waals surface area contributed by atoms with E-state index in [4.69, 9.17) is 4.74 Å². The second kappa shape index (κ2) is 4.89. The molecule has 0 spiro atoms. The zero-order chi connectivity index (χ0) is 11.4. The lowest BCUT2D eigenvalue weighted by molar-refractivity contribution is 0.397. The SMILES string of the molecule is COc1cc(NCc2cnc(C)s2)ncn1. The minimum Gasteiger partial charge on any atom is -0.481 e. The van der Waals surface area contributed by atoms with Crippen molar-refractivity contribution in [3.63, 3.8) is 0 Å². The first-order valence-corrected chi connectivity index (χ1v) is 5.61. The van der Waals surface area contributed by atoms with E-state index >= 15 is 0 Å². The molecule has 16 heavy (non-hydrogen) atoms. The quantitative estimate of drug-likeness (QED) is 0.878. The molecule has 2 heterocycles. The number of nitrogens with zero attached hydrogens (tertiary/aromatic N) is 3. The second-order valence-corrected chi connectivity index (χ2v) is 4.46. The third-order valence-corrected chi connectivity index (χ3v) is 2.88. The lowest BCUT2D eigenvalue weighted by Gasteiger charge is -2.04. The van der Waals surface area contributed by atoms with Gasteiger partial charge >= 0.3 is 0 Å². The largest absolute Gasteiger partial charge is 0.481 e. The Kier molecular flexibility index (Phi) is 3.31. The number of anilines is 1. The summed E-state index contributed by atoms with van der Waals surface area (Å²) in [4.78, 5) is 13.4. The Morgan fingerprint density at radius 1 is 1.38 bits per heavy atom. The second-order valence-electron chi connectivity index (χ2n) is 3.14. The molecule has 0 unspecified atom stereocenters. The van der Waals surface area contributed by atoms with Crippen LogP contribution in [0.4, 0.5) is 5.82 Å². The zero-order valence-corrected chi connectivity index (χ0v) is 9.91. The average molecular weight is 236 g/mol. The predicted molar refractivity (Wildman–Crippen MR) is 62.8 cm³/mol. The molecule has 6 heteroatoms. The number of nitrogens with one attached hydrogen (secondary N) is 1. The molecule has 5 nitrogen and oxygen atoms in total. The Bertz CT molecular complexity index is 471. The van der Waals surface area contributed by atoms with Gasteiger partial charge in [0.25, 0.3) is 0 Å². The molecular formula is C10H12N4OS. The van der Waals surface area contributed by atoms with Gasteiger partial charge in [-0.05, 0) is 6.92 Å². The van der Waals surface area contributed by atoms with Gasteiger partial charge in [0.2, 0.25) is 5.88 Å². The van der Waals surface area contributed by atoms with Gasteiger partial charge in [-0.2, -0.15) is 0 Å². The Morgan fingerprint density at radius 2 is 2.25 bits per heavy atom. The van der Waals surface area contributed by atoms with E-state index in [0.29, 0.717) is 12.4 Å². The molecule has 0 saturated carbocycles. The number of hydrogen-bond donors (Lipinski definition) is 1. The van der Waals surface area contributed by atoms with Crippen LogP contribution in [0.25, 0.3) is 0 Å². The van der Waals surface area contributed by atoms with Gasteiger partial charge in [-0.3, -0.25) is 0 Å². The summed E-state index contributed by atoms with van der Waals surface area (Å²) in [6.07, 6.45) is 3.34. The van der Waals surface area contributed by atoms with Crippen molar-refractivity contribution in [1.82, 2.24) is 15.0 Å². The van der Waals surface area contributed by atoms with Gasteiger partial charge in [-0.15, -0.1) is 11.3 Å². The van der Waals surface area contributed by atoms with Crippen molar-refractivity contribution in [2.75, 3.05) is 12.4 Å². The van der Waals surface area contributed by atoms with Gasteiger partial charge in [0.05, 0.1) is 18.7 Å². The van der Waals surface area contributed by atoms with Crippen molar-refractivity contribution < 1.29 is 4.74 Å². The summed E-state index contributed by atoms with van der Waals surface area (Å²) >= 11 is 1.67. The Balaban J connectivity index is 1.99. The van der Waals surface area contributed by atoms with E-state index in [1.807, 2.05) is 13.1 Å². The monoisotopic (exact) mass is 236 g/mol. The van der Waals surface area contributed by atoms with Crippen LogP contribution in [0.15, 0.2) is 18.6 Å². The number of hydrogen-bond acceptors (Lipinski definition) is 6. The molecule has 0 amide bonds. The van der Waals surface area contributed by atoms with Gasteiger partial charge < -0.3 is 10.1 Å². The molecule has 0 atom stereocenters. The maximum absolute atomic E-state index is 5.01. The van der Waals surface area contributed by atoms with Gasteiger partial charge in [0.1, 0.15) is 12.1 Å². The Labute approximate surface area is 97.5 Å². The van der Waals surface area contributed by atoms with Gasteiger partial charge in [0.15, 0.2) is 0 Å². The molecule has 0 aliphatic carbocycles. The first-order valence-electron chi connectivity index (χ1n) is 4.79. The number of aryl methyl sites for hydroxylation is 1. The Morgan fingerprint density at radius 3 is 2.94 bits per heavy atom. The van der Waals surface area contributed by atoms with Gasteiger partial charge in [-0.1, -0.05) is 0 Å². The molecule has 0 aromatic carbocycles. The van der Waals surface area contributed by atoms with Crippen molar-refractivity contribution in [2.45, 2.75) is 13.5 Å². The van der Waals surface area contributed by atoms with E-state index < -0.39 is 0 Å². The van der Waals surface area contributed by atoms with Crippen LogP contribution >= 0.6 is 11.3 Å². The summed E-state index contributed by atoms with van der Waals surface area (Å²) < 4.78 is 5.01. The fourth-order valence-corrected chi connectivity index (χ4v) is 1.95. The summed E-state index contributed by atoms with van der Waals surface area (Å²) in [5, 5.41) is 4.26. The molecule has 0 bridgehead atoms. The van der Waals surface area contributed by atoms with Crippen LogP contribution in [-0.2, 0) is 6.54 Å². The molecule has 0 radical (unpaired) electrons. The third kappa shape index (κ3) is 2.66. The van der Waals surface area contributed by atoms with E-state index in [1.165, 1.54) is 11.2 Å². The highest BCUT2D eigenvalue weighted by Crippen LogP contribution is 2.15. The number of aromatic nitrogens is 3. The molecule has 2 rings (SSSR count). The first-order chi connectivity index (χ1) is 7.78. The average Bonchev–Trinajstić information content (AvgIpc) is 2.73. The van der Waals surface area contributed by atoms with Crippen LogP contribution in [-0.4, -0.2) is 22.1 Å². The highest BCUT2D eigenvalue weighted by molar-refractivity contribution is 7.11. The fraction of sp³-hybridized carbons (Fsp3) is 0.300. The van der Waals surface area contributed by atoms with Crippen LogP contribution in [0.2, 0.25) is 0 Å².